The minimum absolute atomic E-state index is 0.0308. The van der Waals surface area contributed by atoms with E-state index < -0.39 is 10.0 Å². The van der Waals surface area contributed by atoms with E-state index in [-0.39, 0.29) is 10.7 Å². The first kappa shape index (κ1) is 16.2. The van der Waals surface area contributed by atoms with Crippen molar-refractivity contribution < 1.29 is 13.2 Å². The second-order valence-electron chi connectivity index (χ2n) is 5.56. The fraction of sp³-hybridized carbons (Fsp3) is 0.562. The lowest BCUT2D eigenvalue weighted by molar-refractivity contribution is 0.0988. The summed E-state index contributed by atoms with van der Waals surface area (Å²) in [5.74, 6) is 0.598. The lowest BCUT2D eigenvalue weighted by Crippen LogP contribution is -2.38. The average molecular weight is 309 g/mol. The van der Waals surface area contributed by atoms with E-state index in [0.717, 1.165) is 19.3 Å². The Morgan fingerprint density at radius 1 is 1.24 bits per heavy atom. The molecule has 0 bridgehead atoms. The Kier molecular flexibility index (Phi) is 5.17. The van der Waals surface area contributed by atoms with Crippen LogP contribution in [0.5, 0.6) is 0 Å². The zero-order valence-corrected chi connectivity index (χ0v) is 13.5. The van der Waals surface area contributed by atoms with E-state index in [1.54, 1.807) is 29.4 Å². The minimum atomic E-state index is -3.48. The van der Waals surface area contributed by atoms with E-state index in [9.17, 15) is 13.2 Å². The van der Waals surface area contributed by atoms with Crippen molar-refractivity contribution in [3.63, 3.8) is 0 Å². The summed E-state index contributed by atoms with van der Waals surface area (Å²) >= 11 is 0. The van der Waals surface area contributed by atoms with E-state index in [4.69, 9.17) is 0 Å². The Morgan fingerprint density at radius 2 is 1.90 bits per heavy atom. The molecule has 0 saturated carbocycles. The van der Waals surface area contributed by atoms with Crippen LogP contribution in [-0.2, 0) is 10.0 Å². The third-order valence-corrected chi connectivity index (χ3v) is 6.16. The summed E-state index contributed by atoms with van der Waals surface area (Å²) in [6, 6.07) is 6.41. The molecule has 0 atom stereocenters. The highest BCUT2D eigenvalue weighted by Crippen LogP contribution is 2.25. The third-order valence-electron chi connectivity index (χ3n) is 4.27. The normalized spacial score (nSPS) is 17.8. The van der Waals surface area contributed by atoms with Gasteiger partial charge in [-0.05, 0) is 30.9 Å². The molecule has 1 saturated heterocycles. The Morgan fingerprint density at radius 3 is 2.48 bits per heavy atom. The molecule has 116 valence electrons. The van der Waals surface area contributed by atoms with Crippen molar-refractivity contribution in [2.24, 2.45) is 5.92 Å². The van der Waals surface area contributed by atoms with Gasteiger partial charge in [0.25, 0.3) is 0 Å². The fourth-order valence-corrected chi connectivity index (χ4v) is 4.26. The number of benzene rings is 1. The van der Waals surface area contributed by atoms with Gasteiger partial charge in [-0.1, -0.05) is 32.4 Å². The van der Waals surface area contributed by atoms with Gasteiger partial charge in [0.05, 0.1) is 4.90 Å². The molecule has 4 nitrogen and oxygen atoms in total. The highest BCUT2D eigenvalue weighted by molar-refractivity contribution is 7.89. The Labute approximate surface area is 127 Å². The number of piperidine rings is 1. The largest absolute Gasteiger partial charge is 0.294 e. The molecule has 5 heteroatoms. The second-order valence-corrected chi connectivity index (χ2v) is 7.50. The molecular formula is C16H23NO3S. The maximum atomic E-state index is 12.7. The van der Waals surface area contributed by atoms with Gasteiger partial charge >= 0.3 is 0 Å². The Balaban J connectivity index is 2.22. The minimum Gasteiger partial charge on any atom is -0.294 e. The summed E-state index contributed by atoms with van der Waals surface area (Å²) in [7, 11) is -3.48. The molecule has 1 aromatic carbocycles. The topological polar surface area (TPSA) is 54.5 Å². The first-order valence-corrected chi connectivity index (χ1v) is 9.06. The van der Waals surface area contributed by atoms with Gasteiger partial charge in [-0.2, -0.15) is 4.31 Å². The van der Waals surface area contributed by atoms with Gasteiger partial charge < -0.3 is 0 Å². The van der Waals surface area contributed by atoms with E-state index in [0.29, 0.717) is 31.0 Å². The summed E-state index contributed by atoms with van der Waals surface area (Å²) in [5.41, 5.74) is 0.474. The van der Waals surface area contributed by atoms with Gasteiger partial charge in [0.15, 0.2) is 5.78 Å². The monoisotopic (exact) mass is 309 g/mol. The van der Waals surface area contributed by atoms with Crippen molar-refractivity contribution in [3.8, 4) is 0 Å². The van der Waals surface area contributed by atoms with E-state index in [1.165, 1.54) is 6.07 Å². The van der Waals surface area contributed by atoms with Crippen LogP contribution in [0, 0.1) is 5.92 Å². The predicted octanol–water partition coefficient (Wildman–Crippen LogP) is 3.09. The first-order valence-electron chi connectivity index (χ1n) is 7.62. The van der Waals surface area contributed by atoms with Crippen LogP contribution in [0.1, 0.15) is 49.9 Å². The van der Waals surface area contributed by atoms with Gasteiger partial charge in [-0.3, -0.25) is 4.79 Å². The fourth-order valence-electron chi connectivity index (χ4n) is 2.74. The Hall–Kier alpha value is -1.20. The van der Waals surface area contributed by atoms with Crippen molar-refractivity contribution >= 4 is 15.8 Å². The number of carbonyl (C=O) groups excluding carboxylic acids is 1. The molecular weight excluding hydrogens is 286 g/mol. The molecule has 1 heterocycles. The lowest BCUT2D eigenvalue weighted by atomic mass is 9.96. The molecule has 21 heavy (non-hydrogen) atoms. The van der Waals surface area contributed by atoms with Crippen molar-refractivity contribution in [2.75, 3.05) is 13.1 Å². The first-order chi connectivity index (χ1) is 9.98. The maximum Gasteiger partial charge on any atom is 0.243 e. The average Bonchev–Trinajstić information content (AvgIpc) is 2.54. The maximum absolute atomic E-state index is 12.7. The molecule has 0 unspecified atom stereocenters. The number of nitrogens with zero attached hydrogens (tertiary/aromatic N) is 1. The molecule has 1 fully saturated rings. The number of hydrogen-bond donors (Lipinski definition) is 0. The van der Waals surface area contributed by atoms with E-state index in [1.807, 2.05) is 0 Å². The van der Waals surface area contributed by atoms with Gasteiger partial charge in [0.1, 0.15) is 0 Å². The molecule has 0 aliphatic carbocycles. The quantitative estimate of drug-likeness (QED) is 0.785. The van der Waals surface area contributed by atoms with Crippen LogP contribution in [0.15, 0.2) is 29.2 Å². The number of hydrogen-bond acceptors (Lipinski definition) is 3. The Bertz CT molecular complexity index is 602. The molecule has 1 aliphatic heterocycles. The van der Waals surface area contributed by atoms with Gasteiger partial charge in [0.2, 0.25) is 10.0 Å². The number of carbonyl (C=O) groups is 1. The van der Waals surface area contributed by atoms with Gasteiger partial charge in [-0.15, -0.1) is 0 Å². The summed E-state index contributed by atoms with van der Waals surface area (Å²) in [6.45, 7) is 5.08. The smallest absolute Gasteiger partial charge is 0.243 e. The zero-order chi connectivity index (χ0) is 15.5. The van der Waals surface area contributed by atoms with Crippen LogP contribution in [-0.4, -0.2) is 31.6 Å². The molecule has 1 aromatic rings. The van der Waals surface area contributed by atoms with Crippen LogP contribution in [0.25, 0.3) is 0 Å². The van der Waals surface area contributed by atoms with Crippen molar-refractivity contribution in [1.29, 1.82) is 0 Å². The predicted molar refractivity (Wildman–Crippen MR) is 82.8 cm³/mol. The van der Waals surface area contributed by atoms with Gasteiger partial charge in [0, 0.05) is 25.1 Å². The molecule has 0 radical (unpaired) electrons. The summed E-state index contributed by atoms with van der Waals surface area (Å²) < 4.78 is 26.9. The highest BCUT2D eigenvalue weighted by atomic mass is 32.2. The second kappa shape index (κ2) is 6.71. The zero-order valence-electron chi connectivity index (χ0n) is 12.7. The van der Waals surface area contributed by atoms with Crippen molar-refractivity contribution in [3.05, 3.63) is 29.8 Å². The van der Waals surface area contributed by atoms with Crippen LogP contribution < -0.4 is 0 Å². The summed E-state index contributed by atoms with van der Waals surface area (Å²) in [5, 5.41) is 0. The number of ketones is 1. The van der Waals surface area contributed by atoms with Crippen LogP contribution >= 0.6 is 0 Å². The SMILES string of the molecule is CCC(=O)c1cccc(S(=O)(=O)N2CCC(CC)CC2)c1. The van der Waals surface area contributed by atoms with E-state index >= 15 is 0 Å². The number of rotatable bonds is 5. The number of Topliss-reactive ketones (excluding diaryl/α,β-unsaturated/α-hetero) is 1. The third kappa shape index (κ3) is 3.52. The standard InChI is InChI=1S/C16H23NO3S/c1-3-13-8-10-17(11-9-13)21(19,20)15-7-5-6-14(12-15)16(18)4-2/h5-7,12-13H,3-4,8-11H2,1-2H3. The van der Waals surface area contributed by atoms with Crippen LogP contribution in [0.2, 0.25) is 0 Å². The highest BCUT2D eigenvalue weighted by Gasteiger charge is 2.29. The van der Waals surface area contributed by atoms with Crippen LogP contribution in [0.3, 0.4) is 0 Å². The summed E-state index contributed by atoms with van der Waals surface area (Å²) in [4.78, 5) is 12.0. The molecule has 0 N–H and O–H groups in total. The molecule has 0 aromatic heterocycles. The summed E-state index contributed by atoms with van der Waals surface area (Å²) in [6.07, 6.45) is 3.33. The molecule has 0 spiro atoms. The van der Waals surface area contributed by atoms with Gasteiger partial charge in [-0.25, -0.2) is 8.42 Å². The lowest BCUT2D eigenvalue weighted by Gasteiger charge is -2.30. The number of sulfonamides is 1. The van der Waals surface area contributed by atoms with Crippen LogP contribution in [0.4, 0.5) is 0 Å². The van der Waals surface area contributed by atoms with E-state index in [2.05, 4.69) is 6.92 Å². The molecule has 1 aliphatic rings. The molecule has 0 amide bonds. The van der Waals surface area contributed by atoms with Crippen molar-refractivity contribution in [1.82, 2.24) is 4.31 Å². The molecule has 2 rings (SSSR count). The van der Waals surface area contributed by atoms with Crippen molar-refractivity contribution in [2.45, 2.75) is 44.4 Å².